The number of para-hydroxylation sites is 1. The fourth-order valence-corrected chi connectivity index (χ4v) is 3.14. The van der Waals surface area contributed by atoms with Crippen LogP contribution < -0.4 is 4.74 Å². The van der Waals surface area contributed by atoms with Crippen LogP contribution in [0.2, 0.25) is 0 Å². The lowest BCUT2D eigenvalue weighted by atomic mass is 9.93. The summed E-state index contributed by atoms with van der Waals surface area (Å²) in [6.45, 7) is 9.28. The molecule has 3 atom stereocenters. The minimum atomic E-state index is 0.319. The van der Waals surface area contributed by atoms with E-state index < -0.39 is 0 Å². The zero-order valence-electron chi connectivity index (χ0n) is 15.2. The molecule has 0 fully saturated rings. The van der Waals surface area contributed by atoms with Crippen LogP contribution >= 0.6 is 0 Å². The van der Waals surface area contributed by atoms with Gasteiger partial charge in [0.25, 0.3) is 0 Å². The van der Waals surface area contributed by atoms with E-state index in [9.17, 15) is 0 Å². The Hall–Kier alpha value is -0.980. The van der Waals surface area contributed by atoms with Crippen molar-refractivity contribution in [3.63, 3.8) is 0 Å². The third-order valence-corrected chi connectivity index (χ3v) is 4.56. The lowest BCUT2D eigenvalue weighted by molar-refractivity contribution is 0.203. The zero-order chi connectivity index (χ0) is 16.2. The molecule has 0 amide bonds. The van der Waals surface area contributed by atoms with Crippen molar-refractivity contribution in [3.05, 3.63) is 30.3 Å². The molecule has 0 bridgehead atoms. The number of hydrogen-bond donors (Lipinski definition) is 0. The van der Waals surface area contributed by atoms with Gasteiger partial charge in [0.2, 0.25) is 0 Å². The summed E-state index contributed by atoms with van der Waals surface area (Å²) in [5.41, 5.74) is 0. The van der Waals surface area contributed by atoms with Gasteiger partial charge in [-0.15, -0.1) is 0 Å². The van der Waals surface area contributed by atoms with E-state index in [0.29, 0.717) is 6.10 Å². The molecule has 22 heavy (non-hydrogen) atoms. The van der Waals surface area contributed by atoms with Crippen molar-refractivity contribution in [1.82, 2.24) is 0 Å². The van der Waals surface area contributed by atoms with Gasteiger partial charge in [0.05, 0.1) is 6.10 Å². The van der Waals surface area contributed by atoms with Crippen molar-refractivity contribution in [2.24, 2.45) is 11.8 Å². The van der Waals surface area contributed by atoms with Gasteiger partial charge in [-0.3, -0.25) is 0 Å². The Balaban J connectivity index is 2.05. The van der Waals surface area contributed by atoms with Crippen molar-refractivity contribution < 1.29 is 4.74 Å². The highest BCUT2D eigenvalue weighted by Gasteiger charge is 2.08. The highest BCUT2D eigenvalue weighted by molar-refractivity contribution is 5.21. The van der Waals surface area contributed by atoms with Crippen LogP contribution in [0.15, 0.2) is 30.3 Å². The molecule has 0 heterocycles. The topological polar surface area (TPSA) is 9.23 Å². The molecule has 0 spiro atoms. The number of rotatable bonds is 12. The van der Waals surface area contributed by atoms with Crippen LogP contribution in [0.1, 0.15) is 79.1 Å². The minimum Gasteiger partial charge on any atom is -0.491 e. The SMILES string of the molecule is CCCC(C)CCCC(C)CCCC(C)Oc1ccccc1. The van der Waals surface area contributed by atoms with Crippen molar-refractivity contribution in [1.29, 1.82) is 0 Å². The molecule has 1 aromatic carbocycles. The maximum Gasteiger partial charge on any atom is 0.119 e. The predicted octanol–water partition coefficient (Wildman–Crippen LogP) is 6.87. The van der Waals surface area contributed by atoms with E-state index >= 15 is 0 Å². The second-order valence-electron chi connectivity index (χ2n) is 7.10. The summed E-state index contributed by atoms with van der Waals surface area (Å²) < 4.78 is 5.94. The van der Waals surface area contributed by atoms with Gasteiger partial charge < -0.3 is 4.74 Å². The van der Waals surface area contributed by atoms with Gasteiger partial charge in [-0.05, 0) is 43.7 Å². The molecule has 3 unspecified atom stereocenters. The van der Waals surface area contributed by atoms with Gasteiger partial charge in [0.15, 0.2) is 0 Å². The van der Waals surface area contributed by atoms with E-state index in [-0.39, 0.29) is 0 Å². The summed E-state index contributed by atoms with van der Waals surface area (Å²) in [6, 6.07) is 10.2. The van der Waals surface area contributed by atoms with Crippen molar-refractivity contribution in [2.75, 3.05) is 0 Å². The Bertz CT molecular complexity index is 359. The first-order valence-electron chi connectivity index (χ1n) is 9.33. The second-order valence-corrected chi connectivity index (χ2v) is 7.10. The summed E-state index contributed by atoms with van der Waals surface area (Å²) in [4.78, 5) is 0. The van der Waals surface area contributed by atoms with Gasteiger partial charge in [-0.2, -0.15) is 0 Å². The van der Waals surface area contributed by atoms with Crippen LogP contribution in [-0.4, -0.2) is 6.10 Å². The normalized spacial score (nSPS) is 15.3. The van der Waals surface area contributed by atoms with E-state index in [4.69, 9.17) is 4.74 Å². The van der Waals surface area contributed by atoms with Gasteiger partial charge in [-0.1, -0.05) is 77.5 Å². The Labute approximate surface area is 138 Å². The quantitative estimate of drug-likeness (QED) is 0.409. The zero-order valence-corrected chi connectivity index (χ0v) is 15.2. The van der Waals surface area contributed by atoms with Crippen molar-refractivity contribution >= 4 is 0 Å². The van der Waals surface area contributed by atoms with Gasteiger partial charge >= 0.3 is 0 Å². The third-order valence-electron chi connectivity index (χ3n) is 4.56. The fraction of sp³-hybridized carbons (Fsp3) is 0.714. The van der Waals surface area contributed by atoms with E-state index in [1.54, 1.807) is 0 Å². The Kier molecular flexibility index (Phi) is 10.0. The molecule has 1 heteroatoms. The summed E-state index contributed by atoms with van der Waals surface area (Å²) in [6.07, 6.45) is 11.0. The standard InChI is InChI=1S/C21H36O/c1-5-11-18(2)12-9-13-19(3)14-10-15-20(4)22-21-16-7-6-8-17-21/h6-8,16-20H,5,9-15H2,1-4H3. The van der Waals surface area contributed by atoms with Gasteiger partial charge in [0, 0.05) is 0 Å². The molecule has 0 aliphatic rings. The largest absolute Gasteiger partial charge is 0.491 e. The molecule has 0 saturated heterocycles. The Morgan fingerprint density at radius 3 is 1.91 bits per heavy atom. The first-order valence-corrected chi connectivity index (χ1v) is 9.33. The van der Waals surface area contributed by atoms with Crippen LogP contribution in [0, 0.1) is 11.8 Å². The average molecular weight is 305 g/mol. The fourth-order valence-electron chi connectivity index (χ4n) is 3.14. The molecule has 0 aliphatic heterocycles. The van der Waals surface area contributed by atoms with E-state index in [2.05, 4.69) is 27.7 Å². The highest BCUT2D eigenvalue weighted by Crippen LogP contribution is 2.21. The van der Waals surface area contributed by atoms with E-state index in [0.717, 1.165) is 24.0 Å². The van der Waals surface area contributed by atoms with E-state index in [1.807, 2.05) is 30.3 Å². The highest BCUT2D eigenvalue weighted by atomic mass is 16.5. The maximum absolute atomic E-state index is 5.94. The van der Waals surface area contributed by atoms with Crippen LogP contribution in [0.25, 0.3) is 0 Å². The maximum atomic E-state index is 5.94. The monoisotopic (exact) mass is 304 g/mol. The molecule has 0 radical (unpaired) electrons. The molecule has 1 nitrogen and oxygen atoms in total. The summed E-state index contributed by atoms with van der Waals surface area (Å²) in [7, 11) is 0. The predicted molar refractivity (Wildman–Crippen MR) is 97.5 cm³/mol. The molecular formula is C21H36O. The molecule has 0 aromatic heterocycles. The van der Waals surface area contributed by atoms with Crippen LogP contribution in [0.5, 0.6) is 5.75 Å². The Morgan fingerprint density at radius 2 is 1.32 bits per heavy atom. The van der Waals surface area contributed by atoms with Crippen LogP contribution in [-0.2, 0) is 0 Å². The van der Waals surface area contributed by atoms with Crippen LogP contribution in [0.4, 0.5) is 0 Å². The molecule has 1 rings (SSSR count). The molecule has 0 aliphatic carbocycles. The van der Waals surface area contributed by atoms with Crippen molar-refractivity contribution in [2.45, 2.75) is 85.2 Å². The molecule has 126 valence electrons. The molecule has 1 aromatic rings. The number of hydrogen-bond acceptors (Lipinski definition) is 1. The third kappa shape index (κ3) is 9.12. The first kappa shape index (κ1) is 19.1. The first-order chi connectivity index (χ1) is 10.6. The summed E-state index contributed by atoms with van der Waals surface area (Å²) in [5, 5.41) is 0. The molecule has 0 saturated carbocycles. The molecule has 0 N–H and O–H groups in total. The van der Waals surface area contributed by atoms with Gasteiger partial charge in [0.1, 0.15) is 5.75 Å². The second kappa shape index (κ2) is 11.6. The summed E-state index contributed by atoms with van der Waals surface area (Å²) >= 11 is 0. The van der Waals surface area contributed by atoms with Crippen molar-refractivity contribution in [3.8, 4) is 5.75 Å². The lowest BCUT2D eigenvalue weighted by Crippen LogP contribution is -2.12. The Morgan fingerprint density at radius 1 is 0.773 bits per heavy atom. The minimum absolute atomic E-state index is 0.319. The summed E-state index contributed by atoms with van der Waals surface area (Å²) in [5.74, 6) is 2.77. The molecular weight excluding hydrogens is 268 g/mol. The van der Waals surface area contributed by atoms with Gasteiger partial charge in [-0.25, -0.2) is 0 Å². The smallest absolute Gasteiger partial charge is 0.119 e. The number of benzene rings is 1. The lowest BCUT2D eigenvalue weighted by Gasteiger charge is -2.17. The van der Waals surface area contributed by atoms with Crippen LogP contribution in [0.3, 0.4) is 0 Å². The van der Waals surface area contributed by atoms with E-state index in [1.165, 1.54) is 44.9 Å². The average Bonchev–Trinajstić information content (AvgIpc) is 2.48. The number of ether oxygens (including phenoxy) is 1.